The molecule has 1 saturated heterocycles. The number of benzene rings is 1. The number of hydrogen-bond acceptors (Lipinski definition) is 4. The van der Waals surface area contributed by atoms with Gasteiger partial charge in [-0.1, -0.05) is 12.1 Å². The molecule has 0 saturated carbocycles. The highest BCUT2D eigenvalue weighted by atomic mass is 32.1. The van der Waals surface area contributed by atoms with Crippen LogP contribution in [0.1, 0.15) is 29.1 Å². The summed E-state index contributed by atoms with van der Waals surface area (Å²) in [6, 6.07) is 6.01. The van der Waals surface area contributed by atoms with E-state index in [1.54, 1.807) is 28.4 Å². The Morgan fingerprint density at radius 2 is 1.96 bits per heavy atom. The zero-order valence-electron chi connectivity index (χ0n) is 15.4. The van der Waals surface area contributed by atoms with Crippen molar-refractivity contribution in [1.29, 1.82) is 0 Å². The number of aromatic nitrogens is 1. The fraction of sp³-hybridized carbons (Fsp3) is 0.450. The summed E-state index contributed by atoms with van der Waals surface area (Å²) in [7, 11) is 0. The van der Waals surface area contributed by atoms with Gasteiger partial charge >= 0.3 is 0 Å². The first-order chi connectivity index (χ1) is 13.0. The molecule has 1 aliphatic rings. The van der Waals surface area contributed by atoms with E-state index in [1.165, 1.54) is 12.1 Å². The lowest BCUT2D eigenvalue weighted by Crippen LogP contribution is -2.43. The summed E-state index contributed by atoms with van der Waals surface area (Å²) in [4.78, 5) is 30.9. The molecule has 0 atom stereocenters. The van der Waals surface area contributed by atoms with Gasteiger partial charge in [-0.15, -0.1) is 11.3 Å². The highest BCUT2D eigenvalue weighted by molar-refractivity contribution is 7.09. The molecular weight excluding hydrogens is 365 g/mol. The van der Waals surface area contributed by atoms with Crippen molar-refractivity contribution < 1.29 is 14.0 Å². The molecule has 2 heterocycles. The second-order valence-electron chi connectivity index (χ2n) is 6.86. The van der Waals surface area contributed by atoms with Gasteiger partial charge in [-0.05, 0) is 37.5 Å². The van der Waals surface area contributed by atoms with Crippen LogP contribution in [-0.2, 0) is 22.4 Å². The zero-order chi connectivity index (χ0) is 19.2. The Hall–Kier alpha value is -2.28. The second kappa shape index (κ2) is 9.08. The normalized spacial score (nSPS) is 15.0. The molecule has 27 heavy (non-hydrogen) atoms. The van der Waals surface area contributed by atoms with Crippen molar-refractivity contribution in [2.45, 2.75) is 32.6 Å². The Kier molecular flexibility index (Phi) is 6.55. The molecule has 1 aromatic heterocycles. The van der Waals surface area contributed by atoms with E-state index in [-0.39, 0.29) is 30.0 Å². The number of hydrogen-bond donors (Lipinski definition) is 1. The number of halogens is 1. The van der Waals surface area contributed by atoms with Crippen molar-refractivity contribution in [3.8, 4) is 0 Å². The van der Waals surface area contributed by atoms with E-state index >= 15 is 0 Å². The molecule has 1 N–H and O–H groups in total. The minimum Gasteiger partial charge on any atom is -0.355 e. The third-order valence-corrected chi connectivity index (χ3v) is 5.66. The molecule has 1 fully saturated rings. The average molecular weight is 389 g/mol. The first kappa shape index (κ1) is 19.5. The molecule has 1 aliphatic heterocycles. The highest BCUT2D eigenvalue weighted by Crippen LogP contribution is 2.18. The quantitative estimate of drug-likeness (QED) is 0.826. The van der Waals surface area contributed by atoms with E-state index in [0.717, 1.165) is 22.7 Å². The smallest absolute Gasteiger partial charge is 0.226 e. The second-order valence-corrected chi connectivity index (χ2v) is 7.92. The van der Waals surface area contributed by atoms with E-state index in [1.807, 2.05) is 12.3 Å². The van der Waals surface area contributed by atoms with Crippen LogP contribution in [0, 0.1) is 18.7 Å². The molecule has 2 amide bonds. The number of aryl methyl sites for hydroxylation is 1. The third kappa shape index (κ3) is 5.60. The number of piperidine rings is 1. The van der Waals surface area contributed by atoms with Crippen molar-refractivity contribution in [3.05, 3.63) is 51.7 Å². The van der Waals surface area contributed by atoms with Crippen molar-refractivity contribution in [2.24, 2.45) is 5.92 Å². The summed E-state index contributed by atoms with van der Waals surface area (Å²) in [5, 5.41) is 6.04. The van der Waals surface area contributed by atoms with Crippen LogP contribution in [0.15, 0.2) is 29.6 Å². The van der Waals surface area contributed by atoms with Crippen LogP contribution in [0.25, 0.3) is 0 Å². The number of rotatable bonds is 6. The standard InChI is InChI=1S/C20H24FN3O2S/c1-14-23-18(13-27-14)6-9-22-20(26)16-7-10-24(11-8-16)19(25)12-15-2-4-17(21)5-3-15/h2-5,13,16H,6-12H2,1H3,(H,22,26). The minimum absolute atomic E-state index is 0.0272. The average Bonchev–Trinajstić information content (AvgIpc) is 3.09. The Labute approximate surface area is 162 Å². The molecule has 0 radical (unpaired) electrons. The molecule has 2 aromatic rings. The van der Waals surface area contributed by atoms with E-state index in [2.05, 4.69) is 10.3 Å². The molecule has 0 aliphatic carbocycles. The van der Waals surface area contributed by atoms with Crippen LogP contribution < -0.4 is 5.32 Å². The Morgan fingerprint density at radius 1 is 1.26 bits per heavy atom. The van der Waals surface area contributed by atoms with Gasteiger partial charge in [0.1, 0.15) is 5.82 Å². The zero-order valence-corrected chi connectivity index (χ0v) is 16.2. The largest absolute Gasteiger partial charge is 0.355 e. The molecule has 0 bridgehead atoms. The number of thiazole rings is 1. The summed E-state index contributed by atoms with van der Waals surface area (Å²) in [6.07, 6.45) is 2.36. The van der Waals surface area contributed by atoms with Crippen molar-refractivity contribution in [2.75, 3.05) is 19.6 Å². The molecule has 0 unspecified atom stereocenters. The van der Waals surface area contributed by atoms with Gasteiger partial charge in [-0.3, -0.25) is 9.59 Å². The molecule has 144 valence electrons. The van der Waals surface area contributed by atoms with Gasteiger partial charge in [-0.2, -0.15) is 0 Å². The van der Waals surface area contributed by atoms with Gasteiger partial charge < -0.3 is 10.2 Å². The van der Waals surface area contributed by atoms with E-state index in [9.17, 15) is 14.0 Å². The van der Waals surface area contributed by atoms with Crippen LogP contribution >= 0.6 is 11.3 Å². The van der Waals surface area contributed by atoms with Crippen LogP contribution in [0.5, 0.6) is 0 Å². The van der Waals surface area contributed by atoms with Gasteiger partial charge in [0.2, 0.25) is 11.8 Å². The number of nitrogens with zero attached hydrogens (tertiary/aromatic N) is 2. The number of likely N-dealkylation sites (tertiary alicyclic amines) is 1. The number of carbonyl (C=O) groups is 2. The predicted molar refractivity (Wildman–Crippen MR) is 103 cm³/mol. The monoisotopic (exact) mass is 389 g/mol. The third-order valence-electron chi connectivity index (χ3n) is 4.83. The molecule has 5 nitrogen and oxygen atoms in total. The van der Waals surface area contributed by atoms with Crippen molar-refractivity contribution in [3.63, 3.8) is 0 Å². The Bertz CT molecular complexity index is 783. The van der Waals surface area contributed by atoms with Gasteiger partial charge in [0.25, 0.3) is 0 Å². The fourth-order valence-electron chi connectivity index (χ4n) is 3.26. The van der Waals surface area contributed by atoms with Crippen LogP contribution in [0.2, 0.25) is 0 Å². The Balaban J connectivity index is 1.39. The van der Waals surface area contributed by atoms with Crippen LogP contribution in [0.3, 0.4) is 0 Å². The number of amides is 2. The van der Waals surface area contributed by atoms with Crippen LogP contribution in [0.4, 0.5) is 4.39 Å². The summed E-state index contributed by atoms with van der Waals surface area (Å²) in [6.45, 7) is 3.73. The lowest BCUT2D eigenvalue weighted by Gasteiger charge is -2.31. The van der Waals surface area contributed by atoms with Gasteiger partial charge in [0.15, 0.2) is 0 Å². The lowest BCUT2D eigenvalue weighted by atomic mass is 9.95. The maximum Gasteiger partial charge on any atom is 0.226 e. The highest BCUT2D eigenvalue weighted by Gasteiger charge is 2.27. The van der Waals surface area contributed by atoms with Crippen molar-refractivity contribution in [1.82, 2.24) is 15.2 Å². The molecular formula is C20H24FN3O2S. The summed E-state index contributed by atoms with van der Waals surface area (Å²) < 4.78 is 12.9. The fourth-order valence-corrected chi connectivity index (χ4v) is 3.91. The topological polar surface area (TPSA) is 62.3 Å². The summed E-state index contributed by atoms with van der Waals surface area (Å²) in [5.74, 6) is -0.257. The molecule has 7 heteroatoms. The van der Waals surface area contributed by atoms with Gasteiger partial charge in [0.05, 0.1) is 17.1 Å². The van der Waals surface area contributed by atoms with Gasteiger partial charge in [0, 0.05) is 37.4 Å². The molecule has 3 rings (SSSR count). The molecule has 0 spiro atoms. The van der Waals surface area contributed by atoms with Crippen molar-refractivity contribution >= 4 is 23.2 Å². The first-order valence-electron chi connectivity index (χ1n) is 9.22. The first-order valence-corrected chi connectivity index (χ1v) is 10.1. The Morgan fingerprint density at radius 3 is 2.59 bits per heavy atom. The number of carbonyl (C=O) groups excluding carboxylic acids is 2. The maximum absolute atomic E-state index is 12.9. The summed E-state index contributed by atoms with van der Waals surface area (Å²) >= 11 is 1.62. The summed E-state index contributed by atoms with van der Waals surface area (Å²) in [5.41, 5.74) is 1.82. The van der Waals surface area contributed by atoms with E-state index < -0.39 is 0 Å². The van der Waals surface area contributed by atoms with Gasteiger partial charge in [-0.25, -0.2) is 9.37 Å². The lowest BCUT2D eigenvalue weighted by molar-refractivity contribution is -0.135. The van der Waals surface area contributed by atoms with E-state index in [0.29, 0.717) is 32.5 Å². The predicted octanol–water partition coefficient (Wildman–Crippen LogP) is 2.73. The van der Waals surface area contributed by atoms with E-state index in [4.69, 9.17) is 0 Å². The van der Waals surface area contributed by atoms with Crippen LogP contribution in [-0.4, -0.2) is 41.3 Å². The SMILES string of the molecule is Cc1nc(CCNC(=O)C2CCN(C(=O)Cc3ccc(F)cc3)CC2)cs1. The molecule has 1 aromatic carbocycles. The minimum atomic E-state index is -0.303. The maximum atomic E-state index is 12.9. The number of nitrogens with one attached hydrogen (secondary N) is 1.